The predicted molar refractivity (Wildman–Crippen MR) is 114 cm³/mol. The molecule has 160 valence electrons. The van der Waals surface area contributed by atoms with E-state index in [1.165, 1.54) is 38.4 Å². The minimum atomic E-state index is -3.77. The van der Waals surface area contributed by atoms with Gasteiger partial charge in [-0.25, -0.2) is 8.42 Å². The van der Waals surface area contributed by atoms with E-state index in [9.17, 15) is 13.2 Å². The maximum absolute atomic E-state index is 12.9. The minimum absolute atomic E-state index is 0.0344. The first-order valence-corrected chi connectivity index (χ1v) is 11.2. The monoisotopic (exact) mass is 430 g/mol. The van der Waals surface area contributed by atoms with Crippen LogP contribution in [0.25, 0.3) is 11.0 Å². The number of hydrogen-bond donors (Lipinski definition) is 0. The van der Waals surface area contributed by atoms with Crippen LogP contribution in [0.5, 0.6) is 0 Å². The molecule has 3 aromatic rings. The molecule has 0 fully saturated rings. The Morgan fingerprint density at radius 2 is 1.63 bits per heavy atom. The highest BCUT2D eigenvalue weighted by atomic mass is 32.2. The molecule has 0 aliphatic rings. The lowest BCUT2D eigenvalue weighted by molar-refractivity contribution is -0.0258. The van der Waals surface area contributed by atoms with Crippen molar-refractivity contribution in [2.24, 2.45) is 4.99 Å². The highest BCUT2D eigenvalue weighted by Crippen LogP contribution is 2.16. The van der Waals surface area contributed by atoms with Gasteiger partial charge in [-0.15, -0.1) is 0 Å². The Balaban J connectivity index is 2.07. The van der Waals surface area contributed by atoms with E-state index < -0.39 is 15.9 Å². The molecule has 0 bridgehead atoms. The topological polar surface area (TPSA) is 85.9 Å². The first kappa shape index (κ1) is 21.9. The van der Waals surface area contributed by atoms with Gasteiger partial charge in [0.15, 0.2) is 0 Å². The Labute approximate surface area is 176 Å². The summed E-state index contributed by atoms with van der Waals surface area (Å²) in [5.41, 5.74) is 2.94. The number of sulfonamides is 1. The number of hydrogen-bond acceptors (Lipinski definition) is 4. The van der Waals surface area contributed by atoms with Gasteiger partial charge in [-0.1, -0.05) is 23.5 Å². The number of rotatable bonds is 7. The first-order chi connectivity index (χ1) is 14.3. The molecular formula is C21H26N4O4S. The Bertz CT molecular complexity index is 1220. The average Bonchev–Trinajstić information content (AvgIpc) is 3.05. The van der Waals surface area contributed by atoms with E-state index in [2.05, 4.69) is 11.9 Å². The maximum atomic E-state index is 12.9. The Kier molecular flexibility index (Phi) is 6.55. The van der Waals surface area contributed by atoms with Crippen LogP contribution in [0.3, 0.4) is 0 Å². The largest absolute Gasteiger partial charge is 0.310 e. The van der Waals surface area contributed by atoms with Crippen LogP contribution >= 0.6 is 0 Å². The zero-order valence-corrected chi connectivity index (χ0v) is 18.4. The lowest BCUT2D eigenvalue weighted by Gasteiger charge is -2.13. The quantitative estimate of drug-likeness (QED) is 0.540. The van der Waals surface area contributed by atoms with Crippen molar-refractivity contribution in [1.82, 2.24) is 13.6 Å². The van der Waals surface area contributed by atoms with Crippen molar-refractivity contribution in [2.75, 3.05) is 14.2 Å². The lowest BCUT2D eigenvalue weighted by Crippen LogP contribution is -2.27. The fraction of sp³-hybridized carbons (Fsp3) is 0.333. The molecule has 0 aliphatic heterocycles. The minimum Gasteiger partial charge on any atom is -0.310 e. The van der Waals surface area contributed by atoms with Gasteiger partial charge in [-0.3, -0.25) is 9.63 Å². The standard InChI is InChI=1S/C21H26N4O4S/c1-5-15-25-19-10-8-7-9-18(19)24(6-2)21(25)22-20(26)16-11-13-17(14-12-16)30(27,28)23(3)29-4/h7-14H,5-6,15H2,1-4H3. The number of imidazole rings is 1. The molecule has 1 aromatic heterocycles. The summed E-state index contributed by atoms with van der Waals surface area (Å²) < 4.78 is 29.5. The number of nitrogens with zero attached hydrogens (tertiary/aromatic N) is 4. The summed E-state index contributed by atoms with van der Waals surface area (Å²) in [6.45, 7) is 5.50. The highest BCUT2D eigenvalue weighted by molar-refractivity contribution is 7.89. The molecule has 0 saturated carbocycles. The second kappa shape index (κ2) is 8.95. The predicted octanol–water partition coefficient (Wildman–Crippen LogP) is 2.80. The van der Waals surface area contributed by atoms with Crippen LogP contribution in [0.2, 0.25) is 0 Å². The normalized spacial score (nSPS) is 12.8. The Morgan fingerprint density at radius 3 is 2.17 bits per heavy atom. The summed E-state index contributed by atoms with van der Waals surface area (Å²) in [6, 6.07) is 13.7. The van der Waals surface area contributed by atoms with Crippen LogP contribution in [-0.2, 0) is 28.0 Å². The molecular weight excluding hydrogens is 404 g/mol. The van der Waals surface area contributed by atoms with Crippen LogP contribution in [0.4, 0.5) is 0 Å². The van der Waals surface area contributed by atoms with E-state index in [0.29, 0.717) is 17.7 Å². The van der Waals surface area contributed by atoms with E-state index in [0.717, 1.165) is 28.5 Å². The molecule has 0 saturated heterocycles. The number of aryl methyl sites for hydroxylation is 2. The molecule has 30 heavy (non-hydrogen) atoms. The van der Waals surface area contributed by atoms with E-state index >= 15 is 0 Å². The maximum Gasteiger partial charge on any atom is 0.280 e. The van der Waals surface area contributed by atoms with Crippen LogP contribution in [0.15, 0.2) is 58.4 Å². The molecule has 0 atom stereocenters. The first-order valence-electron chi connectivity index (χ1n) is 9.75. The van der Waals surface area contributed by atoms with Gasteiger partial charge >= 0.3 is 0 Å². The molecule has 1 heterocycles. The van der Waals surface area contributed by atoms with Crippen molar-refractivity contribution in [3.63, 3.8) is 0 Å². The van der Waals surface area contributed by atoms with Gasteiger partial charge in [-0.05, 0) is 49.7 Å². The van der Waals surface area contributed by atoms with Gasteiger partial charge in [0, 0.05) is 25.7 Å². The van der Waals surface area contributed by atoms with Gasteiger partial charge in [-0.2, -0.15) is 4.99 Å². The SMILES string of the molecule is CCCn1c(=NC(=O)c2ccc(S(=O)(=O)N(C)OC)cc2)n(CC)c2ccccc21. The molecule has 0 spiro atoms. The van der Waals surface area contributed by atoms with Crippen LogP contribution in [-0.4, -0.2) is 42.1 Å². The molecule has 1 amide bonds. The third kappa shape index (κ3) is 3.96. The zero-order valence-electron chi connectivity index (χ0n) is 17.6. The van der Waals surface area contributed by atoms with Crippen molar-refractivity contribution in [1.29, 1.82) is 0 Å². The third-order valence-corrected chi connectivity index (χ3v) is 6.60. The van der Waals surface area contributed by atoms with Crippen molar-refractivity contribution >= 4 is 27.0 Å². The van der Waals surface area contributed by atoms with Crippen LogP contribution in [0.1, 0.15) is 30.6 Å². The van der Waals surface area contributed by atoms with E-state index in [-0.39, 0.29) is 4.90 Å². The fourth-order valence-electron chi connectivity index (χ4n) is 3.33. The summed E-state index contributed by atoms with van der Waals surface area (Å²) in [6.07, 6.45) is 0.901. The van der Waals surface area contributed by atoms with Crippen molar-refractivity contribution in [2.45, 2.75) is 38.3 Å². The van der Waals surface area contributed by atoms with Gasteiger partial charge in [0.25, 0.3) is 15.9 Å². The van der Waals surface area contributed by atoms with Crippen molar-refractivity contribution in [3.8, 4) is 0 Å². The van der Waals surface area contributed by atoms with E-state index in [1.54, 1.807) is 0 Å². The molecule has 0 unspecified atom stereocenters. The van der Waals surface area contributed by atoms with E-state index in [1.807, 2.05) is 40.3 Å². The lowest BCUT2D eigenvalue weighted by atomic mass is 10.2. The average molecular weight is 431 g/mol. The zero-order chi connectivity index (χ0) is 21.9. The molecule has 9 heteroatoms. The van der Waals surface area contributed by atoms with Crippen LogP contribution in [0, 0.1) is 0 Å². The number of benzene rings is 2. The number of carbonyl (C=O) groups is 1. The second-order valence-electron chi connectivity index (χ2n) is 6.72. The summed E-state index contributed by atoms with van der Waals surface area (Å²) in [7, 11) is -1.20. The number of hydroxylamine groups is 1. The van der Waals surface area contributed by atoms with Crippen molar-refractivity contribution < 1.29 is 18.0 Å². The third-order valence-electron chi connectivity index (χ3n) is 4.91. The summed E-state index contributed by atoms with van der Waals surface area (Å²) in [4.78, 5) is 22.1. The molecule has 3 rings (SSSR count). The van der Waals surface area contributed by atoms with Gasteiger partial charge in [0.1, 0.15) is 0 Å². The molecule has 0 aliphatic carbocycles. The van der Waals surface area contributed by atoms with Gasteiger partial charge in [0.2, 0.25) is 5.62 Å². The summed E-state index contributed by atoms with van der Waals surface area (Å²) in [5.74, 6) is -0.429. The second-order valence-corrected chi connectivity index (χ2v) is 8.66. The smallest absolute Gasteiger partial charge is 0.280 e. The summed E-state index contributed by atoms with van der Waals surface area (Å²) in [5, 5.41) is 0. The number of aromatic nitrogens is 2. The fourth-order valence-corrected chi connectivity index (χ4v) is 4.30. The van der Waals surface area contributed by atoms with E-state index in [4.69, 9.17) is 4.84 Å². The highest BCUT2D eigenvalue weighted by Gasteiger charge is 2.21. The molecule has 8 nitrogen and oxygen atoms in total. The number of carbonyl (C=O) groups excluding carboxylic acids is 1. The number of fused-ring (bicyclic) bond motifs is 1. The number of para-hydroxylation sites is 2. The molecule has 0 radical (unpaired) electrons. The summed E-state index contributed by atoms with van der Waals surface area (Å²) >= 11 is 0. The number of amides is 1. The van der Waals surface area contributed by atoms with Gasteiger partial charge in [0.05, 0.1) is 23.0 Å². The Morgan fingerprint density at radius 1 is 1.03 bits per heavy atom. The Hall–Kier alpha value is -2.75. The molecule has 0 N–H and O–H groups in total. The molecule has 2 aromatic carbocycles. The van der Waals surface area contributed by atoms with Gasteiger partial charge < -0.3 is 9.13 Å². The van der Waals surface area contributed by atoms with Crippen LogP contribution < -0.4 is 5.62 Å². The van der Waals surface area contributed by atoms with Crippen molar-refractivity contribution in [3.05, 3.63) is 59.7 Å².